The summed E-state index contributed by atoms with van der Waals surface area (Å²) in [5.41, 5.74) is 4.93. The number of ether oxygens (including phenoxy) is 1. The van der Waals surface area contributed by atoms with E-state index >= 15 is 0 Å². The van der Waals surface area contributed by atoms with E-state index in [1.165, 1.54) is 32.8 Å². The van der Waals surface area contributed by atoms with Crippen LogP contribution >= 0.6 is 0 Å². The van der Waals surface area contributed by atoms with Crippen LogP contribution in [-0.2, 0) is 0 Å². The molecule has 2 nitrogen and oxygen atoms in total. The van der Waals surface area contributed by atoms with E-state index in [4.69, 9.17) is 9.72 Å². The zero-order chi connectivity index (χ0) is 22.9. The summed E-state index contributed by atoms with van der Waals surface area (Å²) in [7, 11) is 0. The lowest BCUT2D eigenvalue weighted by Gasteiger charge is -2.16. The third kappa shape index (κ3) is 4.21. The van der Waals surface area contributed by atoms with Crippen LogP contribution in [0.5, 0.6) is 11.5 Å². The van der Waals surface area contributed by atoms with Gasteiger partial charge in [-0.15, -0.1) is 0 Å². The summed E-state index contributed by atoms with van der Waals surface area (Å²) in [6.07, 6.45) is 1.93. The minimum atomic E-state index is 0.468. The van der Waals surface area contributed by atoms with Crippen molar-refractivity contribution in [3.05, 3.63) is 102 Å². The third-order valence-corrected chi connectivity index (χ3v) is 6.30. The molecule has 164 valence electrons. The average molecular weight is 432 g/mol. The Morgan fingerprint density at radius 1 is 0.606 bits per heavy atom. The van der Waals surface area contributed by atoms with E-state index in [1.807, 2.05) is 42.6 Å². The van der Waals surface area contributed by atoms with E-state index in [1.54, 1.807) is 0 Å². The van der Waals surface area contributed by atoms with Gasteiger partial charge in [0.25, 0.3) is 0 Å². The predicted octanol–water partition coefficient (Wildman–Crippen LogP) is 9.09. The highest BCUT2D eigenvalue weighted by Gasteiger charge is 2.13. The van der Waals surface area contributed by atoms with Crippen molar-refractivity contribution in [1.82, 2.24) is 4.98 Å². The van der Waals surface area contributed by atoms with E-state index in [9.17, 15) is 0 Å². The van der Waals surface area contributed by atoms with Crippen LogP contribution in [0.2, 0.25) is 0 Å². The Hall–Kier alpha value is -3.65. The van der Waals surface area contributed by atoms with Crippen molar-refractivity contribution in [3.8, 4) is 22.8 Å². The summed E-state index contributed by atoms with van der Waals surface area (Å²) in [6, 6.07) is 29.7. The lowest BCUT2D eigenvalue weighted by atomic mass is 9.90. The molecule has 0 atom stereocenters. The minimum Gasteiger partial charge on any atom is -0.457 e. The number of hydrogen-bond acceptors (Lipinski definition) is 2. The molecule has 0 unspecified atom stereocenters. The maximum absolute atomic E-state index is 6.12. The van der Waals surface area contributed by atoms with Gasteiger partial charge in [-0.3, -0.25) is 4.98 Å². The van der Waals surface area contributed by atoms with Crippen molar-refractivity contribution >= 4 is 21.5 Å². The molecule has 0 radical (unpaired) electrons. The minimum absolute atomic E-state index is 0.468. The van der Waals surface area contributed by atoms with E-state index in [0.29, 0.717) is 11.8 Å². The molecule has 0 saturated carbocycles. The molecule has 0 aliphatic rings. The normalized spacial score (nSPS) is 11.6. The molecule has 0 aliphatic carbocycles. The standard InChI is InChI=1S/C31H29NO/c1-20(2)23-16-24(21(3)4)18-25(17-23)31-29-13-11-22-10-12-27(33-26-8-6-5-7-9-26)19-30(22)28(29)14-15-32-31/h5-21H,1-4H3. The predicted molar refractivity (Wildman–Crippen MR) is 139 cm³/mol. The lowest BCUT2D eigenvalue weighted by molar-refractivity contribution is 0.483. The Morgan fingerprint density at radius 3 is 2.00 bits per heavy atom. The van der Waals surface area contributed by atoms with Crippen LogP contribution < -0.4 is 4.74 Å². The topological polar surface area (TPSA) is 22.1 Å². The van der Waals surface area contributed by atoms with E-state index in [2.05, 4.69) is 76.2 Å². The summed E-state index contributed by atoms with van der Waals surface area (Å²) in [5, 5.41) is 4.72. The monoisotopic (exact) mass is 431 g/mol. The second kappa shape index (κ2) is 8.71. The fourth-order valence-corrected chi connectivity index (χ4v) is 4.36. The molecule has 5 aromatic rings. The van der Waals surface area contributed by atoms with E-state index in [0.717, 1.165) is 22.6 Å². The van der Waals surface area contributed by atoms with Gasteiger partial charge in [-0.2, -0.15) is 0 Å². The van der Waals surface area contributed by atoms with Crippen molar-refractivity contribution in [2.45, 2.75) is 39.5 Å². The zero-order valence-electron chi connectivity index (χ0n) is 19.7. The molecule has 0 saturated heterocycles. The number of rotatable bonds is 5. The van der Waals surface area contributed by atoms with Gasteiger partial charge in [0.15, 0.2) is 0 Å². The van der Waals surface area contributed by atoms with Crippen LogP contribution in [0.4, 0.5) is 0 Å². The van der Waals surface area contributed by atoms with Crippen molar-refractivity contribution in [2.24, 2.45) is 0 Å². The molecule has 0 bridgehead atoms. The number of benzene rings is 4. The molecular formula is C31H29NO. The van der Waals surface area contributed by atoms with Crippen LogP contribution in [0.15, 0.2) is 91.1 Å². The molecule has 0 amide bonds. The lowest BCUT2D eigenvalue weighted by Crippen LogP contribution is -1.96. The molecule has 5 rings (SSSR count). The molecule has 0 fully saturated rings. The second-order valence-corrected chi connectivity index (χ2v) is 9.32. The van der Waals surface area contributed by atoms with Gasteiger partial charge in [0.1, 0.15) is 11.5 Å². The molecule has 1 aromatic heterocycles. The highest BCUT2D eigenvalue weighted by Crippen LogP contribution is 2.36. The number of aromatic nitrogens is 1. The number of hydrogen-bond donors (Lipinski definition) is 0. The van der Waals surface area contributed by atoms with Gasteiger partial charge in [-0.05, 0) is 81.6 Å². The molecular weight excluding hydrogens is 402 g/mol. The third-order valence-electron chi connectivity index (χ3n) is 6.30. The van der Waals surface area contributed by atoms with Gasteiger partial charge in [-0.25, -0.2) is 0 Å². The van der Waals surface area contributed by atoms with Gasteiger partial charge >= 0.3 is 0 Å². The van der Waals surface area contributed by atoms with Crippen molar-refractivity contribution in [1.29, 1.82) is 0 Å². The molecule has 4 aromatic carbocycles. The smallest absolute Gasteiger partial charge is 0.128 e. The number of para-hydroxylation sites is 1. The molecule has 0 N–H and O–H groups in total. The zero-order valence-corrected chi connectivity index (χ0v) is 19.7. The Kier molecular flexibility index (Phi) is 5.60. The summed E-state index contributed by atoms with van der Waals surface area (Å²) >= 11 is 0. The first-order chi connectivity index (χ1) is 16.0. The first-order valence-electron chi connectivity index (χ1n) is 11.7. The molecule has 33 heavy (non-hydrogen) atoms. The largest absolute Gasteiger partial charge is 0.457 e. The maximum atomic E-state index is 6.12. The fraction of sp³-hybridized carbons (Fsp3) is 0.194. The second-order valence-electron chi connectivity index (χ2n) is 9.32. The molecule has 1 heterocycles. The van der Waals surface area contributed by atoms with Crippen molar-refractivity contribution in [2.75, 3.05) is 0 Å². The summed E-state index contributed by atoms with van der Waals surface area (Å²) in [6.45, 7) is 9.01. The fourth-order valence-electron chi connectivity index (χ4n) is 4.36. The summed E-state index contributed by atoms with van der Waals surface area (Å²) in [4.78, 5) is 4.84. The van der Waals surface area contributed by atoms with Crippen LogP contribution in [-0.4, -0.2) is 4.98 Å². The van der Waals surface area contributed by atoms with Crippen molar-refractivity contribution in [3.63, 3.8) is 0 Å². The average Bonchev–Trinajstić information content (AvgIpc) is 2.83. The maximum Gasteiger partial charge on any atom is 0.128 e. The Bertz CT molecular complexity index is 1410. The number of pyridine rings is 1. The highest BCUT2D eigenvalue weighted by atomic mass is 16.5. The van der Waals surface area contributed by atoms with Crippen LogP contribution in [0.3, 0.4) is 0 Å². The van der Waals surface area contributed by atoms with E-state index in [-0.39, 0.29) is 0 Å². The van der Waals surface area contributed by atoms with Gasteiger partial charge in [0.2, 0.25) is 0 Å². The number of fused-ring (bicyclic) bond motifs is 3. The van der Waals surface area contributed by atoms with Gasteiger partial charge in [0, 0.05) is 17.1 Å². The van der Waals surface area contributed by atoms with Gasteiger partial charge in [-0.1, -0.05) is 70.2 Å². The van der Waals surface area contributed by atoms with Crippen molar-refractivity contribution < 1.29 is 4.74 Å². The molecule has 0 spiro atoms. The molecule has 2 heteroatoms. The summed E-state index contributed by atoms with van der Waals surface area (Å²) < 4.78 is 6.12. The number of nitrogens with zero attached hydrogens (tertiary/aromatic N) is 1. The SMILES string of the molecule is CC(C)c1cc(-c2nccc3c2ccc2ccc(Oc4ccccc4)cc23)cc(C(C)C)c1. The first kappa shape index (κ1) is 21.2. The van der Waals surface area contributed by atoms with Gasteiger partial charge < -0.3 is 4.74 Å². The van der Waals surface area contributed by atoms with E-state index < -0.39 is 0 Å². The first-order valence-corrected chi connectivity index (χ1v) is 11.7. The highest BCUT2D eigenvalue weighted by molar-refractivity contribution is 6.11. The quantitative estimate of drug-likeness (QED) is 0.259. The Labute approximate surface area is 195 Å². The molecule has 0 aliphatic heterocycles. The summed E-state index contributed by atoms with van der Waals surface area (Å²) in [5.74, 6) is 2.61. The van der Waals surface area contributed by atoms with Crippen LogP contribution in [0, 0.1) is 0 Å². The van der Waals surface area contributed by atoms with Crippen LogP contribution in [0.1, 0.15) is 50.7 Å². The van der Waals surface area contributed by atoms with Gasteiger partial charge in [0.05, 0.1) is 5.69 Å². The Morgan fingerprint density at radius 2 is 1.30 bits per heavy atom. The Balaban J connectivity index is 1.67. The van der Waals surface area contributed by atoms with Crippen LogP contribution in [0.25, 0.3) is 32.8 Å².